The molecule has 0 spiro atoms. The van der Waals surface area contributed by atoms with Gasteiger partial charge < -0.3 is 10.8 Å². The lowest BCUT2D eigenvalue weighted by Crippen LogP contribution is -2.03. The van der Waals surface area contributed by atoms with Crippen LogP contribution in [0.5, 0.6) is 0 Å². The van der Waals surface area contributed by atoms with E-state index in [1.165, 1.54) is 0 Å². The average molecular weight is 343 g/mol. The van der Waals surface area contributed by atoms with Gasteiger partial charge in [0.25, 0.3) is 0 Å². The van der Waals surface area contributed by atoms with Gasteiger partial charge in [0.2, 0.25) is 0 Å². The number of nitrogen functional groups attached to an aromatic ring is 1. The molecule has 0 aliphatic carbocycles. The van der Waals surface area contributed by atoms with Crippen LogP contribution in [-0.4, -0.2) is 16.1 Å². The normalized spacial score (nSPS) is 10.4. The first kappa shape index (κ1) is 13.8. The van der Waals surface area contributed by atoms with Crippen molar-refractivity contribution in [3.63, 3.8) is 0 Å². The molecule has 1 aromatic carbocycles. The third kappa shape index (κ3) is 3.05. The van der Waals surface area contributed by atoms with E-state index in [1.807, 2.05) is 0 Å². The van der Waals surface area contributed by atoms with Crippen molar-refractivity contribution >= 4 is 39.3 Å². The number of hydrogen-bond acceptors (Lipinski definition) is 4. The van der Waals surface area contributed by atoms with Gasteiger partial charge in [0.05, 0.1) is 10.0 Å². The molecule has 0 atom stereocenters. The van der Waals surface area contributed by atoms with Crippen LogP contribution in [0.4, 0.5) is 10.1 Å². The second-order valence-electron chi connectivity index (χ2n) is 3.57. The van der Waals surface area contributed by atoms with Crippen LogP contribution in [0.2, 0.25) is 0 Å². The second kappa shape index (κ2) is 5.58. The van der Waals surface area contributed by atoms with E-state index in [1.54, 1.807) is 18.3 Å². The Kier molecular flexibility index (Phi) is 4.06. The summed E-state index contributed by atoms with van der Waals surface area (Å²) in [5.41, 5.74) is 5.49. The minimum atomic E-state index is -1.35. The lowest BCUT2D eigenvalue weighted by Gasteiger charge is -2.08. The van der Waals surface area contributed by atoms with Crippen molar-refractivity contribution in [3.05, 3.63) is 46.3 Å². The van der Waals surface area contributed by atoms with E-state index >= 15 is 0 Å². The number of nitrogens with zero attached hydrogens (tertiary/aromatic N) is 1. The molecule has 0 aliphatic heterocycles. The van der Waals surface area contributed by atoms with Crippen LogP contribution in [0, 0.1) is 5.82 Å². The minimum absolute atomic E-state index is 0.196. The molecule has 0 aliphatic rings. The summed E-state index contributed by atoms with van der Waals surface area (Å²) >= 11 is 4.48. The van der Waals surface area contributed by atoms with E-state index in [0.717, 1.165) is 28.4 Å². The van der Waals surface area contributed by atoms with Crippen molar-refractivity contribution in [2.24, 2.45) is 0 Å². The number of aromatic carboxylic acids is 1. The van der Waals surface area contributed by atoms with Gasteiger partial charge in [-0.25, -0.2) is 14.2 Å². The molecule has 0 radical (unpaired) electrons. The van der Waals surface area contributed by atoms with Gasteiger partial charge in [0.15, 0.2) is 0 Å². The molecular formula is C12H8BrFN2O2S. The van der Waals surface area contributed by atoms with Crippen molar-refractivity contribution in [3.8, 4) is 0 Å². The predicted molar refractivity (Wildman–Crippen MR) is 73.8 cm³/mol. The number of nitrogens with two attached hydrogens (primary N) is 1. The highest BCUT2D eigenvalue weighted by Gasteiger charge is 2.15. The van der Waals surface area contributed by atoms with Crippen LogP contribution in [-0.2, 0) is 0 Å². The van der Waals surface area contributed by atoms with Crippen LogP contribution in [0.25, 0.3) is 0 Å². The SMILES string of the molecule is Nc1cc(C(=O)O)c(F)cc1Sc1ncccc1Br. The number of carboxylic acid groups (broad SMARTS) is 1. The molecule has 2 aromatic rings. The zero-order chi connectivity index (χ0) is 14.0. The number of anilines is 1. The summed E-state index contributed by atoms with van der Waals surface area (Å²) < 4.78 is 14.4. The number of hydrogen-bond donors (Lipinski definition) is 2. The molecule has 1 heterocycles. The highest BCUT2D eigenvalue weighted by atomic mass is 79.9. The molecule has 0 fully saturated rings. The molecule has 2 rings (SSSR count). The molecule has 0 saturated carbocycles. The third-order valence-corrected chi connectivity index (χ3v) is 4.26. The molecular weight excluding hydrogens is 335 g/mol. The monoisotopic (exact) mass is 342 g/mol. The smallest absolute Gasteiger partial charge is 0.338 e. The Bertz CT molecular complexity index is 652. The average Bonchev–Trinajstić information content (AvgIpc) is 2.35. The Morgan fingerprint density at radius 1 is 1.47 bits per heavy atom. The van der Waals surface area contributed by atoms with E-state index in [9.17, 15) is 9.18 Å². The third-order valence-electron chi connectivity index (χ3n) is 2.26. The van der Waals surface area contributed by atoms with Crippen LogP contribution >= 0.6 is 27.7 Å². The van der Waals surface area contributed by atoms with Crippen molar-refractivity contribution in [1.82, 2.24) is 4.98 Å². The first-order chi connectivity index (χ1) is 8.99. The van der Waals surface area contributed by atoms with Gasteiger partial charge >= 0.3 is 5.97 Å². The van der Waals surface area contributed by atoms with Gasteiger partial charge in [0, 0.05) is 16.8 Å². The van der Waals surface area contributed by atoms with Gasteiger partial charge in [-0.05, 0) is 40.2 Å². The summed E-state index contributed by atoms with van der Waals surface area (Å²) in [4.78, 5) is 15.3. The maximum atomic E-state index is 13.6. The molecule has 0 saturated heterocycles. The largest absolute Gasteiger partial charge is 0.478 e. The first-order valence-corrected chi connectivity index (χ1v) is 6.70. The lowest BCUT2D eigenvalue weighted by molar-refractivity contribution is 0.0692. The molecule has 0 bridgehead atoms. The number of aromatic nitrogens is 1. The van der Waals surface area contributed by atoms with Crippen molar-refractivity contribution in [2.45, 2.75) is 9.92 Å². The van der Waals surface area contributed by atoms with Gasteiger partial charge in [-0.3, -0.25) is 0 Å². The Labute approximate surface area is 121 Å². The molecule has 19 heavy (non-hydrogen) atoms. The van der Waals surface area contributed by atoms with Crippen molar-refractivity contribution in [1.29, 1.82) is 0 Å². The fraction of sp³-hybridized carbons (Fsp3) is 0. The van der Waals surface area contributed by atoms with Gasteiger partial charge in [-0.1, -0.05) is 11.8 Å². The fourth-order valence-electron chi connectivity index (χ4n) is 1.37. The molecule has 0 amide bonds. The molecule has 1 aromatic heterocycles. The molecule has 3 N–H and O–H groups in total. The highest BCUT2D eigenvalue weighted by molar-refractivity contribution is 9.10. The Hall–Kier alpha value is -1.60. The van der Waals surface area contributed by atoms with E-state index in [0.29, 0.717) is 9.92 Å². The van der Waals surface area contributed by atoms with E-state index in [4.69, 9.17) is 10.8 Å². The maximum absolute atomic E-state index is 13.6. The van der Waals surface area contributed by atoms with E-state index < -0.39 is 17.3 Å². The number of rotatable bonds is 3. The van der Waals surface area contributed by atoms with E-state index in [-0.39, 0.29) is 5.69 Å². The molecule has 98 valence electrons. The first-order valence-electron chi connectivity index (χ1n) is 5.09. The Morgan fingerprint density at radius 3 is 2.84 bits per heavy atom. The highest BCUT2D eigenvalue weighted by Crippen LogP contribution is 2.35. The summed E-state index contributed by atoms with van der Waals surface area (Å²) in [5, 5.41) is 9.41. The second-order valence-corrected chi connectivity index (χ2v) is 5.45. The lowest BCUT2D eigenvalue weighted by atomic mass is 10.2. The van der Waals surface area contributed by atoms with Gasteiger partial charge in [-0.15, -0.1) is 0 Å². The summed E-state index contributed by atoms with van der Waals surface area (Å²) in [6.07, 6.45) is 1.60. The molecule has 4 nitrogen and oxygen atoms in total. The van der Waals surface area contributed by atoms with Crippen LogP contribution in [0.15, 0.2) is 44.9 Å². The van der Waals surface area contributed by atoms with Crippen molar-refractivity contribution in [2.75, 3.05) is 5.73 Å². The zero-order valence-corrected chi connectivity index (χ0v) is 11.8. The van der Waals surface area contributed by atoms with Gasteiger partial charge in [-0.2, -0.15) is 0 Å². The predicted octanol–water partition coefficient (Wildman–Crippen LogP) is 3.41. The quantitative estimate of drug-likeness (QED) is 0.836. The van der Waals surface area contributed by atoms with Crippen molar-refractivity contribution < 1.29 is 14.3 Å². The van der Waals surface area contributed by atoms with Crippen LogP contribution < -0.4 is 5.73 Å². The Morgan fingerprint density at radius 2 is 2.21 bits per heavy atom. The summed E-state index contributed by atoms with van der Waals surface area (Å²) in [6.45, 7) is 0. The topological polar surface area (TPSA) is 76.2 Å². The van der Waals surface area contributed by atoms with Crippen LogP contribution in [0.3, 0.4) is 0 Å². The minimum Gasteiger partial charge on any atom is -0.478 e. The Balaban J connectivity index is 2.39. The van der Waals surface area contributed by atoms with E-state index in [2.05, 4.69) is 20.9 Å². The maximum Gasteiger partial charge on any atom is 0.338 e. The van der Waals surface area contributed by atoms with Crippen LogP contribution in [0.1, 0.15) is 10.4 Å². The summed E-state index contributed by atoms with van der Waals surface area (Å²) in [6, 6.07) is 5.76. The number of benzene rings is 1. The zero-order valence-electron chi connectivity index (χ0n) is 9.43. The summed E-state index contributed by atoms with van der Waals surface area (Å²) in [5.74, 6) is -2.17. The van der Waals surface area contributed by atoms with Gasteiger partial charge in [0.1, 0.15) is 10.8 Å². The molecule has 7 heteroatoms. The fourth-order valence-corrected chi connectivity index (χ4v) is 2.70. The molecule has 0 unspecified atom stereocenters. The number of pyridine rings is 1. The summed E-state index contributed by atoms with van der Waals surface area (Å²) in [7, 11) is 0. The number of halogens is 2. The standard InChI is InChI=1S/C12H8BrFN2O2S/c13-7-2-1-3-16-11(7)19-10-5-8(14)6(12(17)18)4-9(10)15/h1-5H,15H2,(H,17,18). The number of carboxylic acids is 1. The number of carbonyl (C=O) groups is 1.